The minimum absolute atomic E-state index is 0.0188. The highest BCUT2D eigenvalue weighted by atomic mass is 16.5. The standard InChI is InChI=1S/C18H20N2O3/c1-22-15-6-2-13(3-7-15)17-12-18(20-19-17)14-4-8-16(9-5-14)23-11-10-21/h2-9,18,20-21H,10-12H2,1H3. The Balaban J connectivity index is 1.63. The third kappa shape index (κ3) is 3.63. The Hall–Kier alpha value is -2.53. The van der Waals surface area contributed by atoms with Gasteiger partial charge in [-0.2, -0.15) is 5.10 Å². The Morgan fingerprint density at radius 3 is 2.43 bits per heavy atom. The van der Waals surface area contributed by atoms with E-state index >= 15 is 0 Å². The summed E-state index contributed by atoms with van der Waals surface area (Å²) in [5.41, 5.74) is 6.49. The summed E-state index contributed by atoms with van der Waals surface area (Å²) in [5, 5.41) is 13.2. The van der Waals surface area contributed by atoms with Gasteiger partial charge in [-0.1, -0.05) is 12.1 Å². The van der Waals surface area contributed by atoms with Crippen LogP contribution in [0.25, 0.3) is 0 Å². The van der Waals surface area contributed by atoms with E-state index in [9.17, 15) is 0 Å². The number of hydrogen-bond donors (Lipinski definition) is 2. The summed E-state index contributed by atoms with van der Waals surface area (Å²) in [6, 6.07) is 16.0. The van der Waals surface area contributed by atoms with Crippen molar-refractivity contribution in [2.45, 2.75) is 12.5 Å². The Labute approximate surface area is 135 Å². The van der Waals surface area contributed by atoms with Crippen LogP contribution in [0.1, 0.15) is 23.6 Å². The number of nitrogens with one attached hydrogen (secondary N) is 1. The Morgan fingerprint density at radius 2 is 1.78 bits per heavy atom. The average molecular weight is 312 g/mol. The lowest BCUT2D eigenvalue weighted by molar-refractivity contribution is 0.201. The minimum Gasteiger partial charge on any atom is -0.497 e. The van der Waals surface area contributed by atoms with Gasteiger partial charge < -0.3 is 20.0 Å². The van der Waals surface area contributed by atoms with Crippen molar-refractivity contribution in [2.24, 2.45) is 5.10 Å². The first-order valence-corrected chi connectivity index (χ1v) is 7.60. The highest BCUT2D eigenvalue weighted by Gasteiger charge is 2.21. The number of nitrogens with zero attached hydrogens (tertiary/aromatic N) is 1. The molecular weight excluding hydrogens is 292 g/mol. The number of aliphatic hydroxyl groups is 1. The van der Waals surface area contributed by atoms with Gasteiger partial charge in [-0.15, -0.1) is 0 Å². The van der Waals surface area contributed by atoms with Crippen LogP contribution in [0.5, 0.6) is 11.5 Å². The van der Waals surface area contributed by atoms with Crippen molar-refractivity contribution in [2.75, 3.05) is 20.3 Å². The van der Waals surface area contributed by atoms with Gasteiger partial charge in [0, 0.05) is 6.42 Å². The third-order valence-corrected chi connectivity index (χ3v) is 3.82. The lowest BCUT2D eigenvalue weighted by Gasteiger charge is -2.11. The summed E-state index contributed by atoms with van der Waals surface area (Å²) in [4.78, 5) is 0. The zero-order chi connectivity index (χ0) is 16.1. The number of aliphatic hydroxyl groups excluding tert-OH is 1. The van der Waals surface area contributed by atoms with Crippen molar-refractivity contribution >= 4 is 5.71 Å². The van der Waals surface area contributed by atoms with Crippen molar-refractivity contribution in [3.8, 4) is 11.5 Å². The molecule has 0 aromatic heterocycles. The highest BCUT2D eigenvalue weighted by Crippen LogP contribution is 2.26. The lowest BCUT2D eigenvalue weighted by atomic mass is 9.99. The zero-order valence-corrected chi connectivity index (χ0v) is 13.0. The molecule has 1 heterocycles. The monoisotopic (exact) mass is 312 g/mol. The summed E-state index contributed by atoms with van der Waals surface area (Å²) >= 11 is 0. The SMILES string of the molecule is COc1ccc(C2=NNC(c3ccc(OCCO)cc3)C2)cc1. The van der Waals surface area contributed by atoms with Gasteiger partial charge in [0.15, 0.2) is 0 Å². The lowest BCUT2D eigenvalue weighted by Crippen LogP contribution is -2.10. The fourth-order valence-electron chi connectivity index (χ4n) is 2.56. The fourth-order valence-corrected chi connectivity index (χ4v) is 2.56. The summed E-state index contributed by atoms with van der Waals surface area (Å²) in [7, 11) is 1.66. The molecule has 0 spiro atoms. The van der Waals surface area contributed by atoms with Gasteiger partial charge in [0.25, 0.3) is 0 Å². The second-order valence-corrected chi connectivity index (χ2v) is 5.31. The van der Waals surface area contributed by atoms with Crippen LogP contribution in [0.4, 0.5) is 0 Å². The summed E-state index contributed by atoms with van der Waals surface area (Å²) in [5.74, 6) is 1.60. The topological polar surface area (TPSA) is 63.1 Å². The molecule has 0 aliphatic carbocycles. The van der Waals surface area contributed by atoms with Crippen LogP contribution in [0.2, 0.25) is 0 Å². The second-order valence-electron chi connectivity index (χ2n) is 5.31. The van der Waals surface area contributed by atoms with Crippen LogP contribution in [-0.4, -0.2) is 31.1 Å². The van der Waals surface area contributed by atoms with Crippen molar-refractivity contribution in [3.05, 3.63) is 59.7 Å². The average Bonchev–Trinajstić information content (AvgIpc) is 3.10. The van der Waals surface area contributed by atoms with Gasteiger partial charge in [-0.05, 0) is 47.5 Å². The Bertz CT molecular complexity index is 666. The van der Waals surface area contributed by atoms with Crippen molar-refractivity contribution < 1.29 is 14.6 Å². The van der Waals surface area contributed by atoms with Gasteiger partial charge in [0.1, 0.15) is 18.1 Å². The van der Waals surface area contributed by atoms with Crippen LogP contribution in [-0.2, 0) is 0 Å². The molecule has 1 unspecified atom stereocenters. The number of hydrogen-bond acceptors (Lipinski definition) is 5. The molecule has 120 valence electrons. The first-order valence-electron chi connectivity index (χ1n) is 7.60. The second kappa shape index (κ2) is 7.15. The number of rotatable bonds is 6. The fraction of sp³-hybridized carbons (Fsp3) is 0.278. The van der Waals surface area contributed by atoms with Crippen LogP contribution >= 0.6 is 0 Å². The molecule has 0 bridgehead atoms. The minimum atomic E-state index is 0.0188. The van der Waals surface area contributed by atoms with Gasteiger partial charge in [-0.25, -0.2) is 0 Å². The third-order valence-electron chi connectivity index (χ3n) is 3.82. The molecule has 2 N–H and O–H groups in total. The predicted molar refractivity (Wildman–Crippen MR) is 89.0 cm³/mol. The molecule has 23 heavy (non-hydrogen) atoms. The summed E-state index contributed by atoms with van der Waals surface area (Å²) in [6.45, 7) is 0.330. The molecular formula is C18H20N2O3. The van der Waals surface area contributed by atoms with Gasteiger partial charge in [0.2, 0.25) is 0 Å². The predicted octanol–water partition coefficient (Wildman–Crippen LogP) is 2.51. The largest absolute Gasteiger partial charge is 0.497 e. The van der Waals surface area contributed by atoms with E-state index in [4.69, 9.17) is 14.6 Å². The van der Waals surface area contributed by atoms with Gasteiger partial charge in [-0.3, -0.25) is 0 Å². The van der Waals surface area contributed by atoms with E-state index in [-0.39, 0.29) is 12.6 Å². The molecule has 0 radical (unpaired) electrons. The maximum Gasteiger partial charge on any atom is 0.119 e. The maximum absolute atomic E-state index is 8.77. The summed E-state index contributed by atoms with van der Waals surface area (Å²) < 4.78 is 10.6. The van der Waals surface area contributed by atoms with E-state index in [0.29, 0.717) is 6.61 Å². The van der Waals surface area contributed by atoms with Crippen LogP contribution in [0.15, 0.2) is 53.6 Å². The Morgan fingerprint density at radius 1 is 1.09 bits per heavy atom. The molecule has 5 nitrogen and oxygen atoms in total. The first kappa shape index (κ1) is 15.4. The molecule has 0 amide bonds. The smallest absolute Gasteiger partial charge is 0.119 e. The van der Waals surface area contributed by atoms with Crippen LogP contribution in [0.3, 0.4) is 0 Å². The molecule has 1 aliphatic rings. The number of benzene rings is 2. The normalized spacial score (nSPS) is 16.6. The Kier molecular flexibility index (Phi) is 4.78. The van der Waals surface area contributed by atoms with E-state index in [1.807, 2.05) is 48.5 Å². The van der Waals surface area contributed by atoms with E-state index in [2.05, 4.69) is 10.5 Å². The molecule has 1 aliphatic heterocycles. The summed E-state index contributed by atoms with van der Waals surface area (Å²) in [6.07, 6.45) is 0.836. The van der Waals surface area contributed by atoms with Crippen molar-refractivity contribution in [1.29, 1.82) is 0 Å². The molecule has 0 saturated carbocycles. The molecule has 2 aromatic carbocycles. The highest BCUT2D eigenvalue weighted by molar-refractivity contribution is 6.01. The van der Waals surface area contributed by atoms with Crippen molar-refractivity contribution in [1.82, 2.24) is 5.43 Å². The zero-order valence-electron chi connectivity index (χ0n) is 13.0. The number of ether oxygens (including phenoxy) is 2. The molecule has 2 aromatic rings. The molecule has 0 fully saturated rings. The number of hydrazone groups is 1. The maximum atomic E-state index is 8.77. The van der Waals surface area contributed by atoms with Crippen molar-refractivity contribution in [3.63, 3.8) is 0 Å². The van der Waals surface area contributed by atoms with E-state index in [1.54, 1.807) is 7.11 Å². The molecule has 1 atom stereocenters. The number of methoxy groups -OCH3 is 1. The molecule has 0 saturated heterocycles. The molecule has 5 heteroatoms. The van der Waals surface area contributed by atoms with Gasteiger partial charge in [0.05, 0.1) is 25.5 Å². The van der Waals surface area contributed by atoms with Gasteiger partial charge >= 0.3 is 0 Å². The van der Waals surface area contributed by atoms with Crippen LogP contribution in [0, 0.1) is 0 Å². The van der Waals surface area contributed by atoms with Crippen LogP contribution < -0.4 is 14.9 Å². The quantitative estimate of drug-likeness (QED) is 0.860. The molecule has 3 rings (SSSR count). The van der Waals surface area contributed by atoms with E-state index in [0.717, 1.165) is 34.8 Å². The first-order chi connectivity index (χ1) is 11.3. The van der Waals surface area contributed by atoms with E-state index in [1.165, 1.54) is 0 Å². The van der Waals surface area contributed by atoms with E-state index < -0.39 is 0 Å².